The number of alkyl halides is 2. The van der Waals surface area contributed by atoms with Crippen LogP contribution in [-0.2, 0) is 5.67 Å². The zero-order valence-corrected chi connectivity index (χ0v) is 12.6. The zero-order valence-electron chi connectivity index (χ0n) is 11.1. The second-order valence-electron chi connectivity index (χ2n) is 5.04. The molecule has 1 aliphatic rings. The van der Waals surface area contributed by atoms with E-state index in [1.165, 1.54) is 0 Å². The van der Waals surface area contributed by atoms with E-state index in [0.29, 0.717) is 0 Å². The Kier molecular flexibility index (Phi) is 4.13. The molecule has 8 heteroatoms. The normalized spacial score (nSPS) is 19.7. The number of halogens is 4. The lowest BCUT2D eigenvalue weighted by Crippen LogP contribution is -2.16. The van der Waals surface area contributed by atoms with E-state index in [9.17, 15) is 18.7 Å². The number of rotatable bonds is 3. The molecule has 1 aromatic heterocycles. The van der Waals surface area contributed by atoms with Crippen molar-refractivity contribution in [3.63, 3.8) is 0 Å². The summed E-state index contributed by atoms with van der Waals surface area (Å²) >= 11 is 11.7. The molecule has 0 amide bonds. The SMILES string of the molecule is CC(C)(F)c1onc(C2=CC(F)=C(Cl)CC2Cl)c1C(=O)O. The standard InChI is InChI=1S/C13H11Cl2F2NO3/c1-13(2,17)11-9(12(19)20)10(18-21-11)5-3-8(16)7(15)4-6(5)14/h3,6H,4H2,1-2H3,(H,19,20). The number of hydrogen-bond donors (Lipinski definition) is 1. The summed E-state index contributed by atoms with van der Waals surface area (Å²) in [4.78, 5) is 11.4. The van der Waals surface area contributed by atoms with Gasteiger partial charge in [0, 0.05) is 12.0 Å². The van der Waals surface area contributed by atoms with Crippen LogP contribution in [0.25, 0.3) is 5.57 Å². The quantitative estimate of drug-likeness (QED) is 0.830. The van der Waals surface area contributed by atoms with Gasteiger partial charge >= 0.3 is 5.97 Å². The van der Waals surface area contributed by atoms with Crippen LogP contribution in [0.5, 0.6) is 0 Å². The Morgan fingerprint density at radius 2 is 2.19 bits per heavy atom. The fourth-order valence-electron chi connectivity index (χ4n) is 1.98. The molecule has 21 heavy (non-hydrogen) atoms. The first kappa shape index (κ1) is 16.0. The number of aromatic nitrogens is 1. The minimum absolute atomic E-state index is 0.0128. The maximum Gasteiger partial charge on any atom is 0.341 e. The molecule has 2 rings (SSSR count). The molecule has 114 valence electrons. The van der Waals surface area contributed by atoms with Crippen LogP contribution < -0.4 is 0 Å². The highest BCUT2D eigenvalue weighted by molar-refractivity contribution is 6.33. The monoisotopic (exact) mass is 337 g/mol. The second-order valence-corrected chi connectivity index (χ2v) is 6.02. The van der Waals surface area contributed by atoms with Gasteiger partial charge in [-0.2, -0.15) is 0 Å². The average molecular weight is 338 g/mol. The molecular weight excluding hydrogens is 327 g/mol. The molecule has 1 aliphatic carbocycles. The summed E-state index contributed by atoms with van der Waals surface area (Å²) < 4.78 is 32.4. The molecule has 4 nitrogen and oxygen atoms in total. The largest absolute Gasteiger partial charge is 0.477 e. The van der Waals surface area contributed by atoms with E-state index in [4.69, 9.17) is 27.7 Å². The minimum atomic E-state index is -2.05. The fourth-order valence-corrected chi connectivity index (χ4v) is 2.59. The lowest BCUT2D eigenvalue weighted by Gasteiger charge is -2.17. The smallest absolute Gasteiger partial charge is 0.341 e. The Morgan fingerprint density at radius 1 is 1.57 bits per heavy atom. The van der Waals surface area contributed by atoms with Gasteiger partial charge in [0.25, 0.3) is 0 Å². The number of aromatic carboxylic acids is 1. The Bertz CT molecular complexity index is 659. The number of carboxylic acid groups (broad SMARTS) is 1. The Hall–Kier alpha value is -1.40. The lowest BCUT2D eigenvalue weighted by atomic mass is 9.94. The lowest BCUT2D eigenvalue weighted by molar-refractivity contribution is 0.0682. The summed E-state index contributed by atoms with van der Waals surface area (Å²) in [5.74, 6) is -2.61. The topological polar surface area (TPSA) is 63.3 Å². The van der Waals surface area contributed by atoms with E-state index < -0.39 is 34.2 Å². The third kappa shape index (κ3) is 2.96. The highest BCUT2D eigenvalue weighted by Crippen LogP contribution is 2.39. The summed E-state index contributed by atoms with van der Waals surface area (Å²) in [6, 6.07) is 0. The number of carbonyl (C=O) groups is 1. The maximum absolute atomic E-state index is 14.0. The summed E-state index contributed by atoms with van der Waals surface area (Å²) in [5.41, 5.74) is -2.62. The Balaban J connectivity index is 2.63. The molecule has 1 heterocycles. The highest BCUT2D eigenvalue weighted by Gasteiger charge is 2.37. The van der Waals surface area contributed by atoms with E-state index in [1.807, 2.05) is 0 Å². The Morgan fingerprint density at radius 3 is 2.71 bits per heavy atom. The second kappa shape index (κ2) is 5.42. The molecule has 1 aromatic rings. The molecule has 0 saturated carbocycles. The molecule has 0 fully saturated rings. The number of nitrogens with zero attached hydrogens (tertiary/aromatic N) is 1. The predicted molar refractivity (Wildman–Crippen MR) is 73.8 cm³/mol. The van der Waals surface area contributed by atoms with Crippen molar-refractivity contribution in [1.82, 2.24) is 5.16 Å². The fraction of sp³-hybridized carbons (Fsp3) is 0.385. The molecule has 1 N–H and O–H groups in total. The Labute approximate surface area is 129 Å². The minimum Gasteiger partial charge on any atom is -0.477 e. The van der Waals surface area contributed by atoms with Crippen LogP contribution in [0.15, 0.2) is 21.5 Å². The highest BCUT2D eigenvalue weighted by atomic mass is 35.5. The van der Waals surface area contributed by atoms with Crippen molar-refractivity contribution in [2.75, 3.05) is 0 Å². The van der Waals surface area contributed by atoms with Gasteiger partial charge in [0.1, 0.15) is 17.1 Å². The van der Waals surface area contributed by atoms with Gasteiger partial charge in [-0.3, -0.25) is 0 Å². The first-order valence-corrected chi connectivity index (χ1v) is 6.77. The van der Waals surface area contributed by atoms with E-state index in [0.717, 1.165) is 19.9 Å². The van der Waals surface area contributed by atoms with E-state index in [1.54, 1.807) is 0 Å². The number of hydrogen-bond acceptors (Lipinski definition) is 3. The summed E-state index contributed by atoms with van der Waals surface area (Å²) in [6.07, 6.45) is 0.976. The van der Waals surface area contributed by atoms with Crippen LogP contribution in [-0.4, -0.2) is 21.6 Å². The third-order valence-electron chi connectivity index (χ3n) is 2.96. The average Bonchev–Trinajstić information content (AvgIpc) is 2.78. The van der Waals surface area contributed by atoms with Crippen LogP contribution in [0.4, 0.5) is 8.78 Å². The van der Waals surface area contributed by atoms with Crippen molar-refractivity contribution in [2.24, 2.45) is 0 Å². The summed E-state index contributed by atoms with van der Waals surface area (Å²) in [5, 5.41) is 12.0. The summed E-state index contributed by atoms with van der Waals surface area (Å²) in [6.45, 7) is 2.27. The molecule has 0 aromatic carbocycles. The van der Waals surface area contributed by atoms with Gasteiger partial charge in [-0.05, 0) is 19.9 Å². The molecular formula is C13H11Cl2F2NO3. The van der Waals surface area contributed by atoms with Gasteiger partial charge in [-0.15, -0.1) is 11.6 Å². The van der Waals surface area contributed by atoms with E-state index >= 15 is 0 Å². The van der Waals surface area contributed by atoms with Crippen LogP contribution in [0, 0.1) is 0 Å². The van der Waals surface area contributed by atoms with Crippen molar-refractivity contribution in [3.05, 3.63) is 34.0 Å². The van der Waals surface area contributed by atoms with Crippen LogP contribution >= 0.6 is 23.2 Å². The third-order valence-corrected chi connectivity index (χ3v) is 3.68. The predicted octanol–water partition coefficient (Wildman–Crippen LogP) is 4.39. The van der Waals surface area contributed by atoms with Crippen LogP contribution in [0.2, 0.25) is 0 Å². The van der Waals surface area contributed by atoms with Crippen LogP contribution in [0.1, 0.15) is 42.1 Å². The molecule has 0 saturated heterocycles. The van der Waals surface area contributed by atoms with Crippen molar-refractivity contribution in [1.29, 1.82) is 0 Å². The van der Waals surface area contributed by atoms with Gasteiger partial charge in [0.05, 0.1) is 10.4 Å². The number of allylic oxidation sites excluding steroid dienone is 4. The van der Waals surface area contributed by atoms with Gasteiger partial charge in [-0.1, -0.05) is 16.8 Å². The van der Waals surface area contributed by atoms with Crippen LogP contribution in [0.3, 0.4) is 0 Å². The zero-order chi connectivity index (χ0) is 15.9. The van der Waals surface area contributed by atoms with E-state index in [2.05, 4.69) is 5.16 Å². The number of carboxylic acids is 1. The van der Waals surface area contributed by atoms with Crippen molar-refractivity contribution < 1.29 is 23.2 Å². The molecule has 0 spiro atoms. The molecule has 1 atom stereocenters. The maximum atomic E-state index is 14.0. The molecule has 0 radical (unpaired) electrons. The van der Waals surface area contributed by atoms with Crippen molar-refractivity contribution >= 4 is 34.7 Å². The van der Waals surface area contributed by atoms with Crippen molar-refractivity contribution in [3.8, 4) is 0 Å². The van der Waals surface area contributed by atoms with Gasteiger partial charge < -0.3 is 9.63 Å². The van der Waals surface area contributed by atoms with Gasteiger partial charge in [0.2, 0.25) is 0 Å². The first-order valence-electron chi connectivity index (χ1n) is 5.95. The molecule has 0 bridgehead atoms. The summed E-state index contributed by atoms with van der Waals surface area (Å²) in [7, 11) is 0. The van der Waals surface area contributed by atoms with Gasteiger partial charge in [0.15, 0.2) is 11.4 Å². The molecule has 1 unspecified atom stereocenters. The molecule has 0 aliphatic heterocycles. The van der Waals surface area contributed by atoms with E-state index in [-0.39, 0.29) is 22.7 Å². The van der Waals surface area contributed by atoms with Crippen molar-refractivity contribution in [2.45, 2.75) is 31.3 Å². The first-order chi connectivity index (χ1) is 9.62. The van der Waals surface area contributed by atoms with Gasteiger partial charge in [-0.25, -0.2) is 13.6 Å².